The highest BCUT2D eigenvalue weighted by Gasteiger charge is 2.84. The Labute approximate surface area is 170 Å². The first kappa shape index (κ1) is 24.9. The lowest BCUT2D eigenvalue weighted by Crippen LogP contribution is -2.67. The molecule has 0 N–H and O–H groups in total. The van der Waals surface area contributed by atoms with Crippen molar-refractivity contribution in [2.75, 3.05) is 0 Å². The average molecular weight is 530 g/mol. The molecule has 0 fully saturated rings. The first-order valence-electron chi connectivity index (χ1n) is 4.66. The van der Waals surface area contributed by atoms with Crippen LogP contribution in [0.5, 0.6) is 0 Å². The van der Waals surface area contributed by atoms with Crippen molar-refractivity contribution in [3.63, 3.8) is 0 Å². The fraction of sp³-hybridized carbons (Fsp3) is 0.750. The SMILES string of the molecule is FC(F)(C=C(Cl)Cl)C(Cl)(Cl)C(F)(F)C(F)(F)C(Cl)(Cl)C(Cl)(Cl)Cl. The molecule has 0 aliphatic heterocycles. The largest absolute Gasteiger partial charge is 0.352 e. The molecule has 0 nitrogen and oxygen atoms in total. The summed E-state index contributed by atoms with van der Waals surface area (Å²) in [4.78, 5) is 0. The van der Waals surface area contributed by atoms with Gasteiger partial charge in [0.05, 0.1) is 0 Å². The summed E-state index contributed by atoms with van der Waals surface area (Å²) < 4.78 is 69.5. The molecule has 23 heavy (non-hydrogen) atoms. The van der Waals surface area contributed by atoms with E-state index in [0.29, 0.717) is 0 Å². The zero-order valence-electron chi connectivity index (χ0n) is 9.75. The van der Waals surface area contributed by atoms with E-state index in [2.05, 4.69) is 0 Å². The highest BCUT2D eigenvalue weighted by molar-refractivity contribution is 6.76. The molecule has 138 valence electrons. The van der Waals surface area contributed by atoms with Gasteiger partial charge < -0.3 is 0 Å². The maximum Gasteiger partial charge on any atom is 0.352 e. The third-order valence-electron chi connectivity index (χ3n) is 2.25. The summed E-state index contributed by atoms with van der Waals surface area (Å²) in [6, 6.07) is 0. The number of rotatable bonds is 5. The second-order valence-corrected chi connectivity index (χ2v) is 9.80. The fourth-order valence-electron chi connectivity index (χ4n) is 1.01. The van der Waals surface area contributed by atoms with Crippen LogP contribution in [0.3, 0.4) is 0 Å². The molecule has 0 amide bonds. The molecule has 0 radical (unpaired) electrons. The Balaban J connectivity index is 6.31. The van der Waals surface area contributed by atoms with Gasteiger partial charge in [-0.15, -0.1) is 0 Å². The monoisotopic (exact) mass is 526 g/mol. The predicted molar refractivity (Wildman–Crippen MR) is 83.8 cm³/mol. The second kappa shape index (κ2) is 7.16. The molecule has 15 heteroatoms. The molecule has 0 saturated heterocycles. The molecular formula is C8HCl9F6. The summed E-state index contributed by atoms with van der Waals surface area (Å²) in [6.07, 6.45) is -0.598. The third kappa shape index (κ3) is 4.27. The van der Waals surface area contributed by atoms with Gasteiger partial charge in [0, 0.05) is 6.08 Å². The molecule has 0 spiro atoms. The smallest absolute Gasteiger partial charge is 0.198 e. The lowest BCUT2D eigenvalue weighted by molar-refractivity contribution is -0.244. The Morgan fingerprint density at radius 3 is 1.17 bits per heavy atom. The van der Waals surface area contributed by atoms with Crippen molar-refractivity contribution in [1.82, 2.24) is 0 Å². The highest BCUT2D eigenvalue weighted by Crippen LogP contribution is 2.65. The lowest BCUT2D eigenvalue weighted by Gasteiger charge is -2.44. The van der Waals surface area contributed by atoms with E-state index < -0.39 is 40.8 Å². The number of hydrogen-bond acceptors (Lipinski definition) is 0. The van der Waals surface area contributed by atoms with E-state index in [1.807, 2.05) is 0 Å². The van der Waals surface area contributed by atoms with Crippen molar-refractivity contribution < 1.29 is 26.3 Å². The minimum Gasteiger partial charge on any atom is -0.198 e. The second-order valence-electron chi connectivity index (χ2n) is 3.85. The van der Waals surface area contributed by atoms with Crippen molar-refractivity contribution in [3.8, 4) is 0 Å². The van der Waals surface area contributed by atoms with Gasteiger partial charge in [-0.3, -0.25) is 0 Å². The van der Waals surface area contributed by atoms with Crippen LogP contribution in [0.4, 0.5) is 26.3 Å². The van der Waals surface area contributed by atoms with Crippen LogP contribution < -0.4 is 0 Å². The van der Waals surface area contributed by atoms with Crippen molar-refractivity contribution in [1.29, 1.82) is 0 Å². The van der Waals surface area contributed by atoms with E-state index in [9.17, 15) is 26.3 Å². The van der Waals surface area contributed by atoms with Gasteiger partial charge >= 0.3 is 17.8 Å². The summed E-state index contributed by atoms with van der Waals surface area (Å²) in [5.41, 5.74) is 0. The maximum atomic E-state index is 14.0. The minimum atomic E-state index is -6.03. The first-order valence-corrected chi connectivity index (χ1v) is 8.06. The molecule has 0 saturated carbocycles. The summed E-state index contributed by atoms with van der Waals surface area (Å²) in [6.45, 7) is 0. The zero-order chi connectivity index (χ0) is 19.3. The summed E-state index contributed by atoms with van der Waals surface area (Å²) in [5, 5.41) is 0. The van der Waals surface area contributed by atoms with Gasteiger partial charge in [-0.2, -0.15) is 26.3 Å². The molecule has 0 rings (SSSR count). The zero-order valence-corrected chi connectivity index (χ0v) is 16.6. The Morgan fingerprint density at radius 2 is 0.913 bits per heavy atom. The van der Waals surface area contributed by atoms with E-state index >= 15 is 0 Å². The van der Waals surface area contributed by atoms with E-state index in [0.717, 1.165) is 0 Å². The predicted octanol–water partition coefficient (Wildman–Crippen LogP) is 7.93. The molecule has 0 atom stereocenters. The first-order chi connectivity index (χ1) is 9.67. The van der Waals surface area contributed by atoms with Crippen LogP contribution in [0.15, 0.2) is 10.6 Å². The fourth-order valence-corrected chi connectivity index (χ4v) is 2.22. The average Bonchev–Trinajstić information content (AvgIpc) is 2.24. The van der Waals surface area contributed by atoms with E-state index in [1.54, 1.807) is 0 Å². The Bertz CT molecular complexity index is 477. The molecule has 0 aromatic heterocycles. The van der Waals surface area contributed by atoms with Crippen molar-refractivity contribution in [2.24, 2.45) is 0 Å². The van der Waals surface area contributed by atoms with Crippen molar-refractivity contribution in [3.05, 3.63) is 10.6 Å². The van der Waals surface area contributed by atoms with Crippen LogP contribution in [0.2, 0.25) is 0 Å². The lowest BCUT2D eigenvalue weighted by atomic mass is 9.99. The van der Waals surface area contributed by atoms with Crippen LogP contribution in [0.25, 0.3) is 0 Å². The minimum absolute atomic E-state index is 0.598. The van der Waals surface area contributed by atoms with Gasteiger partial charge in [0.15, 0.2) is 0 Å². The number of hydrogen-bond donors (Lipinski definition) is 0. The van der Waals surface area contributed by atoms with Gasteiger partial charge in [0.25, 0.3) is 4.33 Å². The van der Waals surface area contributed by atoms with Crippen LogP contribution in [-0.2, 0) is 0 Å². The van der Waals surface area contributed by atoms with Crippen LogP contribution in [0, 0.1) is 0 Å². The number of halogens is 15. The molecule has 0 aliphatic rings. The van der Waals surface area contributed by atoms with Crippen LogP contribution in [0.1, 0.15) is 0 Å². The van der Waals surface area contributed by atoms with Crippen molar-refractivity contribution in [2.45, 2.75) is 30.2 Å². The Morgan fingerprint density at radius 1 is 0.609 bits per heavy atom. The quantitative estimate of drug-likeness (QED) is 0.250. The molecule has 0 aliphatic carbocycles. The molecular weight excluding hydrogens is 529 g/mol. The maximum absolute atomic E-state index is 14.0. The van der Waals surface area contributed by atoms with Gasteiger partial charge in [0.1, 0.15) is 4.49 Å². The van der Waals surface area contributed by atoms with E-state index in [-0.39, 0.29) is 0 Å². The molecule has 0 unspecified atom stereocenters. The van der Waals surface area contributed by atoms with Gasteiger partial charge in [-0.05, 0) is 0 Å². The highest BCUT2D eigenvalue weighted by atomic mass is 35.6. The van der Waals surface area contributed by atoms with Crippen LogP contribution in [-0.4, -0.2) is 30.2 Å². The van der Waals surface area contributed by atoms with Gasteiger partial charge in [0.2, 0.25) is 8.13 Å². The third-order valence-corrected chi connectivity index (χ3v) is 5.92. The standard InChI is InChI=1S/C8HCl9F6/c9-2(10)1-3(18,19)4(11,12)6(20,21)7(22,23)5(13,14)8(15,16)17/h1H. The van der Waals surface area contributed by atoms with E-state index in [4.69, 9.17) is 104 Å². The molecule has 0 heterocycles. The summed E-state index contributed by atoms with van der Waals surface area (Å²) in [5.74, 6) is -17.0. The number of alkyl halides is 13. The van der Waals surface area contributed by atoms with Gasteiger partial charge in [-0.1, -0.05) is 104 Å². The van der Waals surface area contributed by atoms with Crippen molar-refractivity contribution >= 4 is 104 Å². The normalized spacial score (nSPS) is 15.6. The Kier molecular flexibility index (Phi) is 7.76. The van der Waals surface area contributed by atoms with Gasteiger partial charge in [-0.25, -0.2) is 0 Å². The molecule has 0 aromatic carbocycles. The summed E-state index contributed by atoms with van der Waals surface area (Å²) >= 11 is 44.2. The van der Waals surface area contributed by atoms with Crippen LogP contribution >= 0.6 is 104 Å². The summed E-state index contributed by atoms with van der Waals surface area (Å²) in [7, 11) is 0. The topological polar surface area (TPSA) is 0 Å². The Hall–Kier alpha value is 1.93. The van der Waals surface area contributed by atoms with E-state index in [1.165, 1.54) is 0 Å². The molecule has 0 aromatic rings. The number of allylic oxidation sites excluding steroid dienone is 1. The molecule has 0 bridgehead atoms.